The highest BCUT2D eigenvalue weighted by Crippen LogP contribution is 2.41. The second kappa shape index (κ2) is 31.0. The summed E-state index contributed by atoms with van der Waals surface area (Å²) in [6.07, 6.45) is 9.38. The summed E-state index contributed by atoms with van der Waals surface area (Å²) in [6, 6.07) is 28.3. The Balaban J connectivity index is 0.000000414. The number of ether oxygens (including phenoxy) is 4. The van der Waals surface area contributed by atoms with Crippen molar-refractivity contribution in [3.63, 3.8) is 0 Å². The van der Waals surface area contributed by atoms with Crippen LogP contribution in [0.2, 0.25) is 0 Å². The number of para-hydroxylation sites is 2. The van der Waals surface area contributed by atoms with Crippen LogP contribution < -0.4 is 50.0 Å². The van der Waals surface area contributed by atoms with Gasteiger partial charge in [0.05, 0.1) is 55.8 Å². The zero-order valence-electron chi connectivity index (χ0n) is 47.4. The lowest BCUT2D eigenvalue weighted by Crippen LogP contribution is -2.39. The van der Waals surface area contributed by atoms with E-state index in [2.05, 4.69) is 56.1 Å². The highest BCUT2D eigenvalue weighted by atomic mass is 16.7. The van der Waals surface area contributed by atoms with Gasteiger partial charge in [-0.15, -0.1) is 0 Å². The third-order valence-electron chi connectivity index (χ3n) is 13.8. The second-order valence-electron chi connectivity index (χ2n) is 19.4. The monoisotopic (exact) mass is 1120 g/mol. The number of hydrogen-bond donors (Lipinski definition) is 4. The van der Waals surface area contributed by atoms with Gasteiger partial charge in [-0.1, -0.05) is 56.2 Å². The fourth-order valence-corrected chi connectivity index (χ4v) is 9.29. The van der Waals surface area contributed by atoms with Gasteiger partial charge < -0.3 is 64.4 Å². The van der Waals surface area contributed by atoms with Crippen molar-refractivity contribution >= 4 is 83.6 Å². The molecular formula is C61H72N8O13. The number of methoxy groups -OCH3 is 2. The number of carbonyl (C=O) groups is 8. The number of aldehydes is 3. The molecule has 5 aromatic rings. The Morgan fingerprint density at radius 3 is 2.10 bits per heavy atom. The normalized spacial score (nSPS) is 14.7. The fraction of sp³-hybridized carbons (Fsp3) is 0.361. The molecule has 0 saturated heterocycles. The van der Waals surface area contributed by atoms with Crippen molar-refractivity contribution in [1.29, 1.82) is 0 Å². The molecule has 2 unspecified atom stereocenters. The SMILES string of the molecule is CCCCCC(=O)NCC=O.CN(OC=O)C(=O)CCC=O.CNC(C)C(=O)Nc1cc(COc2cc(N=C[C@@H]3Cc4ccccc4N3C)c(C=O)cc2OC)cc(COc2cc3c(cc2OC)C(=O)N2c4ccccc4CC2CN3)c1. The third-order valence-corrected chi connectivity index (χ3v) is 13.8. The summed E-state index contributed by atoms with van der Waals surface area (Å²) >= 11 is 0. The number of hydroxylamine groups is 2. The lowest BCUT2D eigenvalue weighted by molar-refractivity contribution is -0.181. The average molecular weight is 1130 g/mol. The van der Waals surface area contributed by atoms with Gasteiger partial charge in [-0.25, -0.2) is 0 Å². The van der Waals surface area contributed by atoms with Gasteiger partial charge in [0.15, 0.2) is 29.3 Å². The van der Waals surface area contributed by atoms with Crippen LogP contribution in [-0.4, -0.2) is 127 Å². The summed E-state index contributed by atoms with van der Waals surface area (Å²) in [4.78, 5) is 103. The maximum absolute atomic E-state index is 14.0. The number of hydrogen-bond acceptors (Lipinski definition) is 17. The van der Waals surface area contributed by atoms with Gasteiger partial charge in [0.1, 0.15) is 25.8 Å². The first-order valence-electron chi connectivity index (χ1n) is 27.0. The number of anilines is 4. The lowest BCUT2D eigenvalue weighted by atomic mass is 10.1. The van der Waals surface area contributed by atoms with Crippen molar-refractivity contribution in [2.24, 2.45) is 4.99 Å². The highest BCUT2D eigenvalue weighted by molar-refractivity contribution is 6.12. The molecule has 8 rings (SSSR count). The van der Waals surface area contributed by atoms with Crippen molar-refractivity contribution in [2.45, 2.75) is 96.6 Å². The zero-order chi connectivity index (χ0) is 59.1. The largest absolute Gasteiger partial charge is 0.493 e. The molecule has 0 bridgehead atoms. The molecule has 21 heteroatoms. The molecule has 0 saturated carbocycles. The Hall–Kier alpha value is -9.11. The van der Waals surface area contributed by atoms with Crippen LogP contribution in [0.3, 0.4) is 0 Å². The topological polar surface area (TPSA) is 253 Å². The predicted octanol–water partition coefficient (Wildman–Crippen LogP) is 7.37. The molecular weight excluding hydrogens is 1050 g/mol. The molecule has 3 heterocycles. The van der Waals surface area contributed by atoms with Crippen LogP contribution in [0.1, 0.15) is 95.3 Å². The van der Waals surface area contributed by atoms with Crippen LogP contribution in [0, 0.1) is 0 Å². The van der Waals surface area contributed by atoms with Crippen molar-refractivity contribution in [2.75, 3.05) is 68.9 Å². The molecule has 0 aliphatic carbocycles. The number of carbonyl (C=O) groups excluding carboxylic acids is 8. The van der Waals surface area contributed by atoms with Crippen LogP contribution >= 0.6 is 0 Å². The maximum Gasteiger partial charge on any atom is 0.320 e. The van der Waals surface area contributed by atoms with E-state index in [1.165, 1.54) is 19.7 Å². The molecule has 5 aromatic carbocycles. The molecule has 3 aliphatic heterocycles. The van der Waals surface area contributed by atoms with E-state index in [4.69, 9.17) is 23.9 Å². The summed E-state index contributed by atoms with van der Waals surface area (Å²) < 4.78 is 24.2. The van der Waals surface area contributed by atoms with E-state index in [1.807, 2.05) is 72.8 Å². The minimum Gasteiger partial charge on any atom is -0.493 e. The first-order chi connectivity index (χ1) is 39.7. The summed E-state index contributed by atoms with van der Waals surface area (Å²) in [7, 11) is 8.13. The molecule has 3 aliphatic rings. The van der Waals surface area contributed by atoms with Gasteiger partial charge in [0, 0.05) is 80.9 Å². The Kier molecular flexibility index (Phi) is 23.5. The molecule has 82 heavy (non-hydrogen) atoms. The van der Waals surface area contributed by atoms with E-state index < -0.39 is 11.9 Å². The lowest BCUT2D eigenvalue weighted by Gasteiger charge is -2.22. The van der Waals surface area contributed by atoms with Crippen LogP contribution in [0.25, 0.3) is 0 Å². The summed E-state index contributed by atoms with van der Waals surface area (Å²) in [5, 5.41) is 12.7. The first-order valence-corrected chi connectivity index (χ1v) is 27.0. The Morgan fingerprint density at radius 1 is 0.817 bits per heavy atom. The number of benzene rings is 5. The average Bonchev–Trinajstić information content (AvgIpc) is 3.88. The second-order valence-corrected chi connectivity index (χ2v) is 19.4. The van der Waals surface area contributed by atoms with E-state index in [-0.39, 0.29) is 68.9 Å². The molecule has 21 nitrogen and oxygen atoms in total. The summed E-state index contributed by atoms with van der Waals surface area (Å²) in [5.74, 6) is 0.921. The number of aliphatic imine (C=N–C) groups is 1. The van der Waals surface area contributed by atoms with Gasteiger partial charge in [0.25, 0.3) is 11.8 Å². The smallest absolute Gasteiger partial charge is 0.320 e. The van der Waals surface area contributed by atoms with Gasteiger partial charge in [-0.3, -0.25) is 33.8 Å². The van der Waals surface area contributed by atoms with E-state index in [1.54, 1.807) is 39.3 Å². The van der Waals surface area contributed by atoms with Crippen molar-refractivity contribution in [3.8, 4) is 23.0 Å². The number of nitrogens with zero attached hydrogens (tertiary/aromatic N) is 4. The van der Waals surface area contributed by atoms with Crippen molar-refractivity contribution in [3.05, 3.63) is 124 Å². The van der Waals surface area contributed by atoms with Gasteiger partial charge in [-0.2, -0.15) is 5.06 Å². The van der Waals surface area contributed by atoms with E-state index in [9.17, 15) is 38.4 Å². The molecule has 4 N–H and O–H groups in total. The van der Waals surface area contributed by atoms with E-state index >= 15 is 0 Å². The highest BCUT2D eigenvalue weighted by Gasteiger charge is 2.38. The Labute approximate surface area is 477 Å². The molecule has 0 fully saturated rings. The van der Waals surface area contributed by atoms with Gasteiger partial charge in [0.2, 0.25) is 11.8 Å². The summed E-state index contributed by atoms with van der Waals surface area (Å²) in [5.41, 5.74) is 8.52. The number of unbranched alkanes of at least 4 members (excludes halogenated alkanes) is 2. The van der Waals surface area contributed by atoms with Crippen LogP contribution in [-0.2, 0) is 59.7 Å². The fourth-order valence-electron chi connectivity index (χ4n) is 9.29. The molecule has 0 spiro atoms. The standard InChI is InChI=1S/C47H48N6O7.C8H15NO2.C6H9NO4/c1-28(48-2)46(55)51-34-15-29(26-59-44-21-38(33(25-54)19-42(44)57-4)49-23-35-17-31-10-6-8-12-40(31)52(35)3)14-30(16-34)27-60-45-22-39-37(20-43(45)58-5)47(56)53-36(24-50-39)18-32-11-7-9-13-41(32)53;1-2-3-4-5-8(11)9-6-7-10;1-7(11-5-9)6(10)3-2-4-8/h6-16,19-23,25,28,35-36,48,50H,17-18,24,26-27H2,1-5H3,(H,51,55);7H,2-6H2,1H3,(H,9,11);4-5H,2-3H2,1H3/t28?,35-,36?;;/m0../s1. The third kappa shape index (κ3) is 16.5. The molecule has 0 aromatic heterocycles. The number of nitrogens with one attached hydrogen (secondary N) is 4. The maximum atomic E-state index is 14.0. The van der Waals surface area contributed by atoms with Crippen molar-refractivity contribution in [1.82, 2.24) is 15.7 Å². The van der Waals surface area contributed by atoms with Crippen molar-refractivity contribution < 1.29 is 62.1 Å². The minimum absolute atomic E-state index is 0.0125. The number of amides is 4. The molecule has 434 valence electrons. The Bertz CT molecular complexity index is 3100. The number of rotatable bonds is 25. The van der Waals surface area contributed by atoms with Crippen LogP contribution in [0.5, 0.6) is 23.0 Å². The Morgan fingerprint density at radius 2 is 1.48 bits per heavy atom. The van der Waals surface area contributed by atoms with Gasteiger partial charge in [-0.05, 0) is 98.0 Å². The van der Waals surface area contributed by atoms with E-state index in [0.717, 1.165) is 71.5 Å². The van der Waals surface area contributed by atoms with Crippen LogP contribution in [0.15, 0.2) is 96.0 Å². The quantitative estimate of drug-likeness (QED) is 0.0193. The summed E-state index contributed by atoms with van der Waals surface area (Å²) in [6.45, 7) is 4.94. The van der Waals surface area contributed by atoms with Crippen LogP contribution in [0.4, 0.5) is 28.4 Å². The minimum atomic E-state index is -0.439. The first kappa shape index (κ1) is 62.1. The zero-order valence-corrected chi connectivity index (χ0v) is 47.4. The molecule has 3 atom stereocenters. The number of fused-ring (bicyclic) bond motifs is 5. The molecule has 0 radical (unpaired) electrons. The predicted molar refractivity (Wildman–Crippen MR) is 312 cm³/mol. The van der Waals surface area contributed by atoms with Gasteiger partial charge >= 0.3 is 6.47 Å². The number of likely N-dealkylation sites (N-methyl/N-ethyl adjacent to an activating group) is 2. The van der Waals surface area contributed by atoms with E-state index in [0.29, 0.717) is 76.7 Å². The molecule has 4 amide bonds.